The number of thioether (sulfide) groups is 1. The largest absolute Gasteiger partial charge is 0.323 e. The lowest BCUT2D eigenvalue weighted by molar-refractivity contribution is -0.114. The van der Waals surface area contributed by atoms with E-state index >= 15 is 0 Å². The van der Waals surface area contributed by atoms with Gasteiger partial charge in [-0.2, -0.15) is 0 Å². The molecule has 3 rings (SSSR count). The van der Waals surface area contributed by atoms with Crippen molar-refractivity contribution < 1.29 is 13.2 Å². The Morgan fingerprint density at radius 2 is 1.68 bits per heavy atom. The van der Waals surface area contributed by atoms with Crippen LogP contribution in [-0.4, -0.2) is 27.1 Å². The summed E-state index contributed by atoms with van der Waals surface area (Å²) >= 11 is 13.9. The monoisotopic (exact) mass is 494 g/mol. The van der Waals surface area contributed by atoms with Crippen LogP contribution in [0.2, 0.25) is 10.0 Å². The molecule has 0 spiro atoms. The maximum absolute atomic E-state index is 13.5. The Bertz CT molecular complexity index is 1200. The number of anilines is 2. The fourth-order valence-electron chi connectivity index (χ4n) is 2.89. The van der Waals surface area contributed by atoms with Crippen molar-refractivity contribution in [2.24, 2.45) is 0 Å². The van der Waals surface area contributed by atoms with E-state index in [2.05, 4.69) is 5.32 Å². The Kier molecular flexibility index (Phi) is 7.54. The van der Waals surface area contributed by atoms with Crippen LogP contribution < -0.4 is 9.62 Å². The Morgan fingerprint density at radius 1 is 1.00 bits per heavy atom. The second kappa shape index (κ2) is 9.96. The highest BCUT2D eigenvalue weighted by atomic mass is 35.5. The van der Waals surface area contributed by atoms with E-state index in [0.717, 1.165) is 14.8 Å². The molecule has 0 radical (unpaired) electrons. The van der Waals surface area contributed by atoms with Crippen LogP contribution in [0.15, 0.2) is 76.5 Å². The number of amides is 1. The normalized spacial score (nSPS) is 11.2. The van der Waals surface area contributed by atoms with E-state index in [0.29, 0.717) is 5.69 Å². The molecule has 1 amide bonds. The quantitative estimate of drug-likeness (QED) is 0.417. The molecule has 0 unspecified atom stereocenters. The van der Waals surface area contributed by atoms with Gasteiger partial charge in [-0.3, -0.25) is 9.10 Å². The molecule has 9 heteroatoms. The minimum atomic E-state index is -4.09. The van der Waals surface area contributed by atoms with E-state index in [1.165, 1.54) is 30.0 Å². The summed E-state index contributed by atoms with van der Waals surface area (Å²) in [6, 6.07) is 18.3. The Balaban J connectivity index is 2.01. The fourth-order valence-corrected chi connectivity index (χ4v) is 5.32. The van der Waals surface area contributed by atoms with Gasteiger partial charge >= 0.3 is 0 Å². The molecule has 0 saturated heterocycles. The Morgan fingerprint density at radius 3 is 2.35 bits per heavy atom. The number of halogens is 2. The summed E-state index contributed by atoms with van der Waals surface area (Å²) in [4.78, 5) is 13.8. The highest BCUT2D eigenvalue weighted by Gasteiger charge is 2.29. The minimum Gasteiger partial charge on any atom is -0.323 e. The molecular formula is C22H20Cl2N2O3S2. The summed E-state index contributed by atoms with van der Waals surface area (Å²) < 4.78 is 27.9. The Labute approximate surface area is 196 Å². The number of hydrogen-bond acceptors (Lipinski definition) is 4. The average molecular weight is 495 g/mol. The summed E-state index contributed by atoms with van der Waals surface area (Å²) in [6.45, 7) is 1.39. The third kappa shape index (κ3) is 5.36. The molecule has 1 N–H and O–H groups in total. The summed E-state index contributed by atoms with van der Waals surface area (Å²) in [5, 5.41) is 3.03. The van der Waals surface area contributed by atoms with Gasteiger partial charge in [0.2, 0.25) is 5.91 Å². The second-order valence-corrected chi connectivity index (χ2v) is 10.1. The van der Waals surface area contributed by atoms with Gasteiger partial charge in [-0.05, 0) is 49.6 Å². The fraction of sp³-hybridized carbons (Fsp3) is 0.136. The zero-order valence-corrected chi connectivity index (χ0v) is 19.9. The van der Waals surface area contributed by atoms with Gasteiger partial charge in [-0.25, -0.2) is 8.42 Å². The number of nitrogens with one attached hydrogen (secondary N) is 1. The third-order valence-corrected chi connectivity index (χ3v) is 7.86. The van der Waals surface area contributed by atoms with Crippen LogP contribution in [0, 0.1) is 6.92 Å². The minimum absolute atomic E-state index is 0.0476. The second-order valence-electron chi connectivity index (χ2n) is 6.65. The van der Waals surface area contributed by atoms with Crippen LogP contribution in [0.5, 0.6) is 0 Å². The van der Waals surface area contributed by atoms with Gasteiger partial charge in [0, 0.05) is 4.90 Å². The first kappa shape index (κ1) is 23.5. The lowest BCUT2D eigenvalue weighted by Crippen LogP contribution is -2.38. The lowest BCUT2D eigenvalue weighted by Gasteiger charge is -2.25. The van der Waals surface area contributed by atoms with E-state index in [4.69, 9.17) is 23.2 Å². The number of hydrogen-bond donors (Lipinski definition) is 1. The molecule has 162 valence electrons. The molecule has 0 saturated carbocycles. The molecule has 0 atom stereocenters. The maximum atomic E-state index is 13.5. The van der Waals surface area contributed by atoms with E-state index in [-0.39, 0.29) is 20.6 Å². The van der Waals surface area contributed by atoms with Crippen LogP contribution >= 0.6 is 35.0 Å². The first-order valence-corrected chi connectivity index (χ1v) is 12.6. The smallest absolute Gasteiger partial charge is 0.264 e. The number of aryl methyl sites for hydroxylation is 1. The zero-order valence-electron chi connectivity index (χ0n) is 16.8. The molecular weight excluding hydrogens is 475 g/mol. The number of rotatable bonds is 7. The molecule has 3 aromatic carbocycles. The van der Waals surface area contributed by atoms with E-state index in [9.17, 15) is 13.2 Å². The maximum Gasteiger partial charge on any atom is 0.264 e. The van der Waals surface area contributed by atoms with Gasteiger partial charge in [0.05, 0.1) is 26.3 Å². The van der Waals surface area contributed by atoms with Crippen molar-refractivity contribution in [1.29, 1.82) is 0 Å². The molecule has 0 fully saturated rings. The third-order valence-electron chi connectivity index (χ3n) is 4.48. The molecule has 0 aromatic heterocycles. The van der Waals surface area contributed by atoms with Crippen molar-refractivity contribution in [3.63, 3.8) is 0 Å². The number of para-hydroxylation sites is 1. The molecule has 3 aromatic rings. The highest BCUT2D eigenvalue weighted by molar-refractivity contribution is 7.98. The summed E-state index contributed by atoms with van der Waals surface area (Å²) in [5.74, 6) is -0.506. The summed E-state index contributed by atoms with van der Waals surface area (Å²) in [7, 11) is -4.09. The van der Waals surface area contributed by atoms with E-state index < -0.39 is 22.5 Å². The van der Waals surface area contributed by atoms with E-state index in [1.807, 2.05) is 25.3 Å². The number of carbonyl (C=O) groups is 1. The number of sulfonamides is 1. The van der Waals surface area contributed by atoms with Gasteiger partial charge in [0.25, 0.3) is 10.0 Å². The van der Waals surface area contributed by atoms with Crippen molar-refractivity contribution in [3.8, 4) is 0 Å². The molecule has 0 aliphatic heterocycles. The number of nitrogens with zero attached hydrogens (tertiary/aromatic N) is 1. The van der Waals surface area contributed by atoms with Crippen molar-refractivity contribution in [2.45, 2.75) is 16.7 Å². The molecule has 5 nitrogen and oxygen atoms in total. The van der Waals surface area contributed by atoms with Crippen LogP contribution in [0.25, 0.3) is 0 Å². The standard InChI is InChI=1S/C22H20Cl2N2O3S2/c1-15-10-12-16(13-11-15)31(28,29)26(19-8-5-6-17(23)22(19)24)14-21(27)25-18-7-3-4-9-20(18)30-2/h3-13H,14H2,1-2H3,(H,25,27). The number of benzene rings is 3. The van der Waals surface area contributed by atoms with Crippen molar-refractivity contribution in [1.82, 2.24) is 0 Å². The van der Waals surface area contributed by atoms with Gasteiger partial charge in [-0.15, -0.1) is 11.8 Å². The van der Waals surface area contributed by atoms with Crippen LogP contribution in [0.4, 0.5) is 11.4 Å². The average Bonchev–Trinajstić information content (AvgIpc) is 2.75. The SMILES string of the molecule is CSc1ccccc1NC(=O)CN(c1cccc(Cl)c1Cl)S(=O)(=O)c1ccc(C)cc1. The predicted octanol–water partition coefficient (Wildman–Crippen LogP) is 5.86. The Hall–Kier alpha value is -2.19. The van der Waals surface area contributed by atoms with Crippen LogP contribution in [-0.2, 0) is 14.8 Å². The highest BCUT2D eigenvalue weighted by Crippen LogP contribution is 2.35. The van der Waals surface area contributed by atoms with Crippen LogP contribution in [0.3, 0.4) is 0 Å². The number of carbonyl (C=O) groups excluding carboxylic acids is 1. The molecule has 0 heterocycles. The van der Waals surface area contributed by atoms with Gasteiger partial charge in [0.1, 0.15) is 6.54 Å². The predicted molar refractivity (Wildman–Crippen MR) is 129 cm³/mol. The van der Waals surface area contributed by atoms with E-state index in [1.54, 1.807) is 36.4 Å². The molecule has 31 heavy (non-hydrogen) atoms. The van der Waals surface area contributed by atoms with Crippen molar-refractivity contribution >= 4 is 62.3 Å². The lowest BCUT2D eigenvalue weighted by atomic mass is 10.2. The topological polar surface area (TPSA) is 66.5 Å². The van der Waals surface area contributed by atoms with Crippen molar-refractivity contribution in [2.75, 3.05) is 22.4 Å². The molecule has 0 aliphatic rings. The first-order valence-electron chi connectivity index (χ1n) is 9.20. The molecule has 0 bridgehead atoms. The van der Waals surface area contributed by atoms with Gasteiger partial charge in [0.15, 0.2) is 0 Å². The molecule has 0 aliphatic carbocycles. The summed E-state index contributed by atoms with van der Waals surface area (Å²) in [6.07, 6.45) is 1.89. The first-order chi connectivity index (χ1) is 14.7. The zero-order chi connectivity index (χ0) is 22.6. The van der Waals surface area contributed by atoms with Gasteiger partial charge in [-0.1, -0.05) is 59.1 Å². The van der Waals surface area contributed by atoms with Gasteiger partial charge < -0.3 is 5.32 Å². The van der Waals surface area contributed by atoms with Crippen molar-refractivity contribution in [3.05, 3.63) is 82.3 Å². The van der Waals surface area contributed by atoms with Crippen LogP contribution in [0.1, 0.15) is 5.56 Å². The summed E-state index contributed by atoms with van der Waals surface area (Å²) in [5.41, 5.74) is 1.64.